The average Bonchev–Trinajstić information content (AvgIpc) is 3.05. The Hall–Kier alpha value is -2.85. The lowest BCUT2D eigenvalue weighted by molar-refractivity contribution is 0.102. The number of nitrogens with one attached hydrogen (secondary N) is 1. The summed E-state index contributed by atoms with van der Waals surface area (Å²) in [4.78, 5) is 16.3. The standard InChI is InChI=1S/C18H20FN5O3S/c1-11(2)24-17-13(9-21-24)7-14(10-20-17)22-18(25)12-5-6-15(19)16(8-12)28(26,27)23(3)4/h5-11H,1-4H3,(H,22,25). The molecule has 8 nitrogen and oxygen atoms in total. The summed E-state index contributed by atoms with van der Waals surface area (Å²) < 4.78 is 41.1. The van der Waals surface area contributed by atoms with Crippen LogP contribution in [0, 0.1) is 5.82 Å². The van der Waals surface area contributed by atoms with E-state index in [1.807, 2.05) is 13.8 Å². The number of pyridine rings is 1. The summed E-state index contributed by atoms with van der Waals surface area (Å²) in [6, 6.07) is 5.05. The van der Waals surface area contributed by atoms with E-state index >= 15 is 0 Å². The van der Waals surface area contributed by atoms with Crippen LogP contribution in [0.3, 0.4) is 0 Å². The van der Waals surface area contributed by atoms with Crippen LogP contribution < -0.4 is 5.32 Å². The second-order valence-corrected chi connectivity index (χ2v) is 8.83. The van der Waals surface area contributed by atoms with Crippen LogP contribution in [0.1, 0.15) is 30.2 Å². The molecule has 3 aromatic rings. The van der Waals surface area contributed by atoms with Crippen LogP contribution in [0.2, 0.25) is 0 Å². The summed E-state index contributed by atoms with van der Waals surface area (Å²) >= 11 is 0. The van der Waals surface area contributed by atoms with E-state index in [0.29, 0.717) is 11.3 Å². The highest BCUT2D eigenvalue weighted by atomic mass is 32.2. The maximum Gasteiger partial charge on any atom is 0.255 e. The van der Waals surface area contributed by atoms with Gasteiger partial charge in [0.15, 0.2) is 5.65 Å². The van der Waals surface area contributed by atoms with Gasteiger partial charge in [-0.25, -0.2) is 26.8 Å². The predicted molar refractivity (Wildman–Crippen MR) is 103 cm³/mol. The zero-order chi connectivity index (χ0) is 20.6. The Morgan fingerprint density at radius 2 is 1.93 bits per heavy atom. The highest BCUT2D eigenvalue weighted by Gasteiger charge is 2.23. The zero-order valence-electron chi connectivity index (χ0n) is 15.8. The first kappa shape index (κ1) is 19.9. The van der Waals surface area contributed by atoms with Gasteiger partial charge in [-0.3, -0.25) is 4.79 Å². The maximum atomic E-state index is 14.0. The predicted octanol–water partition coefficient (Wildman–Crippen LogP) is 2.65. The number of hydrogen-bond acceptors (Lipinski definition) is 5. The maximum absolute atomic E-state index is 14.0. The first-order valence-corrected chi connectivity index (χ1v) is 9.92. The van der Waals surface area contributed by atoms with Gasteiger partial charge in [0.05, 0.1) is 18.1 Å². The minimum atomic E-state index is -4.02. The fourth-order valence-electron chi connectivity index (χ4n) is 2.63. The van der Waals surface area contributed by atoms with Gasteiger partial charge in [0.25, 0.3) is 5.91 Å². The molecule has 2 aromatic heterocycles. The molecule has 148 valence electrons. The molecule has 0 saturated carbocycles. The molecule has 1 aromatic carbocycles. The highest BCUT2D eigenvalue weighted by Crippen LogP contribution is 2.22. The van der Waals surface area contributed by atoms with Gasteiger partial charge >= 0.3 is 0 Å². The SMILES string of the molecule is CC(C)n1ncc2cc(NC(=O)c3ccc(F)c(S(=O)(=O)N(C)C)c3)cnc21. The molecular weight excluding hydrogens is 385 g/mol. The molecule has 0 unspecified atom stereocenters. The Morgan fingerprint density at radius 3 is 2.57 bits per heavy atom. The second-order valence-electron chi connectivity index (χ2n) is 6.71. The normalized spacial score (nSPS) is 12.1. The number of amides is 1. The molecule has 0 fully saturated rings. The van der Waals surface area contributed by atoms with E-state index in [1.165, 1.54) is 26.4 Å². The quantitative estimate of drug-likeness (QED) is 0.704. The van der Waals surface area contributed by atoms with Crippen LogP contribution in [-0.2, 0) is 10.0 Å². The van der Waals surface area contributed by atoms with E-state index in [1.54, 1.807) is 16.9 Å². The minimum Gasteiger partial charge on any atom is -0.321 e. The van der Waals surface area contributed by atoms with Gasteiger partial charge in [0.2, 0.25) is 10.0 Å². The lowest BCUT2D eigenvalue weighted by Gasteiger charge is -2.13. The van der Waals surface area contributed by atoms with E-state index < -0.39 is 26.6 Å². The van der Waals surface area contributed by atoms with Crippen molar-refractivity contribution in [1.82, 2.24) is 19.1 Å². The summed E-state index contributed by atoms with van der Waals surface area (Å²) in [6.45, 7) is 3.97. The second kappa shape index (κ2) is 7.28. The number of nitrogens with zero attached hydrogens (tertiary/aromatic N) is 4. The van der Waals surface area contributed by atoms with Crippen LogP contribution in [0.25, 0.3) is 11.0 Å². The number of anilines is 1. The number of carbonyl (C=O) groups is 1. The monoisotopic (exact) mass is 405 g/mol. The summed E-state index contributed by atoms with van der Waals surface area (Å²) in [7, 11) is -1.43. The third kappa shape index (κ3) is 3.60. The van der Waals surface area contributed by atoms with Crippen molar-refractivity contribution in [1.29, 1.82) is 0 Å². The molecule has 1 N–H and O–H groups in total. The van der Waals surface area contributed by atoms with Crippen LogP contribution in [0.4, 0.5) is 10.1 Å². The largest absolute Gasteiger partial charge is 0.321 e. The number of carbonyl (C=O) groups excluding carboxylic acids is 1. The molecule has 1 amide bonds. The van der Waals surface area contributed by atoms with E-state index in [-0.39, 0.29) is 11.6 Å². The van der Waals surface area contributed by atoms with Crippen molar-refractivity contribution in [2.75, 3.05) is 19.4 Å². The number of fused-ring (bicyclic) bond motifs is 1. The van der Waals surface area contributed by atoms with Gasteiger partial charge in [-0.2, -0.15) is 5.10 Å². The van der Waals surface area contributed by atoms with Crippen molar-refractivity contribution in [3.63, 3.8) is 0 Å². The lowest BCUT2D eigenvalue weighted by atomic mass is 10.2. The van der Waals surface area contributed by atoms with E-state index in [2.05, 4.69) is 15.4 Å². The van der Waals surface area contributed by atoms with Crippen LogP contribution in [0.15, 0.2) is 41.6 Å². The molecule has 0 aliphatic carbocycles. The molecule has 10 heteroatoms. The van der Waals surface area contributed by atoms with Crippen molar-refractivity contribution in [2.45, 2.75) is 24.8 Å². The van der Waals surface area contributed by atoms with E-state index in [9.17, 15) is 17.6 Å². The Balaban J connectivity index is 1.90. The molecule has 0 spiro atoms. The number of halogens is 1. The topological polar surface area (TPSA) is 97.2 Å². The first-order chi connectivity index (χ1) is 13.1. The van der Waals surface area contributed by atoms with Crippen molar-refractivity contribution < 1.29 is 17.6 Å². The minimum absolute atomic E-state index is 0.0137. The Labute approximate surface area is 162 Å². The highest BCUT2D eigenvalue weighted by molar-refractivity contribution is 7.89. The molecule has 0 aliphatic heterocycles. The Bertz CT molecular complexity index is 1160. The molecule has 0 aliphatic rings. The third-order valence-electron chi connectivity index (χ3n) is 4.13. The number of sulfonamides is 1. The summed E-state index contributed by atoms with van der Waals surface area (Å²) in [5, 5.41) is 7.66. The molecule has 0 saturated heterocycles. The lowest BCUT2D eigenvalue weighted by Crippen LogP contribution is -2.24. The summed E-state index contributed by atoms with van der Waals surface area (Å²) in [5.41, 5.74) is 1.12. The number of hydrogen-bond donors (Lipinski definition) is 1. The molecule has 0 atom stereocenters. The number of rotatable bonds is 5. The third-order valence-corrected chi connectivity index (χ3v) is 5.96. The summed E-state index contributed by atoms with van der Waals surface area (Å²) in [5.74, 6) is -1.50. The summed E-state index contributed by atoms with van der Waals surface area (Å²) in [6.07, 6.45) is 3.14. The number of aromatic nitrogens is 3. The van der Waals surface area contributed by atoms with Gasteiger partial charge < -0.3 is 5.32 Å². The van der Waals surface area contributed by atoms with Crippen molar-refractivity contribution in [2.24, 2.45) is 0 Å². The zero-order valence-corrected chi connectivity index (χ0v) is 16.7. The van der Waals surface area contributed by atoms with Gasteiger partial charge in [0, 0.05) is 31.1 Å². The Morgan fingerprint density at radius 1 is 1.21 bits per heavy atom. The van der Waals surface area contributed by atoms with E-state index in [0.717, 1.165) is 21.8 Å². The molecule has 28 heavy (non-hydrogen) atoms. The first-order valence-electron chi connectivity index (χ1n) is 8.48. The van der Waals surface area contributed by atoms with Crippen LogP contribution >= 0.6 is 0 Å². The smallest absolute Gasteiger partial charge is 0.255 e. The Kier molecular flexibility index (Phi) is 5.18. The fourth-order valence-corrected chi connectivity index (χ4v) is 3.61. The van der Waals surface area contributed by atoms with Crippen LogP contribution in [0.5, 0.6) is 0 Å². The van der Waals surface area contributed by atoms with E-state index in [4.69, 9.17) is 0 Å². The van der Waals surface area contributed by atoms with Crippen LogP contribution in [-0.4, -0.2) is 47.5 Å². The van der Waals surface area contributed by atoms with Gasteiger partial charge in [-0.05, 0) is 38.1 Å². The van der Waals surface area contributed by atoms with Crippen molar-refractivity contribution in [3.8, 4) is 0 Å². The van der Waals surface area contributed by atoms with Gasteiger partial charge in [-0.1, -0.05) is 0 Å². The van der Waals surface area contributed by atoms with Crippen molar-refractivity contribution >= 4 is 32.7 Å². The molecular formula is C18H20FN5O3S. The molecule has 0 radical (unpaired) electrons. The van der Waals surface area contributed by atoms with Gasteiger partial charge in [-0.15, -0.1) is 0 Å². The fraction of sp³-hybridized carbons (Fsp3) is 0.278. The average molecular weight is 405 g/mol. The molecule has 2 heterocycles. The molecule has 3 rings (SSSR count). The van der Waals surface area contributed by atoms with Gasteiger partial charge in [0.1, 0.15) is 10.7 Å². The molecule has 0 bridgehead atoms. The van der Waals surface area contributed by atoms with Crippen molar-refractivity contribution in [3.05, 3.63) is 48.0 Å². The number of benzene rings is 1.